The summed E-state index contributed by atoms with van der Waals surface area (Å²) < 4.78 is 16.3. The van der Waals surface area contributed by atoms with E-state index < -0.39 is 0 Å². The number of allylic oxidation sites excluding steroid dienone is 2. The number of carbonyl (C=O) groups excluding carboxylic acids is 1. The maximum Gasteiger partial charge on any atom is 0.309 e. The van der Waals surface area contributed by atoms with Gasteiger partial charge in [0, 0.05) is 6.61 Å². The van der Waals surface area contributed by atoms with Crippen LogP contribution in [0.2, 0.25) is 0 Å². The predicted molar refractivity (Wildman–Crippen MR) is 69.3 cm³/mol. The molecular formula is C15H22O4. The highest BCUT2D eigenvalue weighted by molar-refractivity contribution is 5.74. The Balaban J connectivity index is 1.31. The molecule has 0 radical (unpaired) electrons. The summed E-state index contributed by atoms with van der Waals surface area (Å²) in [5.74, 6) is 1.06. The summed E-state index contributed by atoms with van der Waals surface area (Å²) in [6.45, 7) is 1.56. The summed E-state index contributed by atoms with van der Waals surface area (Å²) in [4.78, 5) is 11.9. The molecule has 2 bridgehead atoms. The minimum absolute atomic E-state index is 0.0509. The van der Waals surface area contributed by atoms with Gasteiger partial charge in [-0.2, -0.15) is 0 Å². The van der Waals surface area contributed by atoms with E-state index in [0.29, 0.717) is 25.0 Å². The molecule has 2 fully saturated rings. The Morgan fingerprint density at radius 3 is 2.84 bits per heavy atom. The van der Waals surface area contributed by atoms with Crippen molar-refractivity contribution in [2.75, 3.05) is 19.8 Å². The van der Waals surface area contributed by atoms with Crippen molar-refractivity contribution in [3.8, 4) is 0 Å². The van der Waals surface area contributed by atoms with Crippen molar-refractivity contribution in [2.45, 2.75) is 38.4 Å². The average molecular weight is 266 g/mol. The van der Waals surface area contributed by atoms with Crippen molar-refractivity contribution < 1.29 is 19.0 Å². The molecule has 0 amide bonds. The van der Waals surface area contributed by atoms with E-state index in [1.807, 2.05) is 0 Å². The molecule has 3 rings (SSSR count). The van der Waals surface area contributed by atoms with Crippen molar-refractivity contribution in [1.29, 1.82) is 0 Å². The summed E-state index contributed by atoms with van der Waals surface area (Å²) in [6, 6.07) is 0. The van der Waals surface area contributed by atoms with Gasteiger partial charge in [0.25, 0.3) is 0 Å². The number of carbonyl (C=O) groups is 1. The zero-order valence-corrected chi connectivity index (χ0v) is 11.3. The first-order valence-corrected chi connectivity index (χ1v) is 7.41. The van der Waals surface area contributed by atoms with Crippen LogP contribution in [0.25, 0.3) is 0 Å². The summed E-state index contributed by atoms with van der Waals surface area (Å²) in [7, 11) is 0. The molecule has 1 saturated carbocycles. The largest absolute Gasteiger partial charge is 0.463 e. The van der Waals surface area contributed by atoms with Gasteiger partial charge in [0.15, 0.2) is 6.29 Å². The SMILES string of the molecule is O=C(OCCOC1CCCCO1)C1CC2C=CC1C2. The van der Waals surface area contributed by atoms with Crippen LogP contribution in [0.5, 0.6) is 0 Å². The molecule has 4 atom stereocenters. The second-order valence-electron chi connectivity index (χ2n) is 5.72. The molecule has 4 unspecified atom stereocenters. The van der Waals surface area contributed by atoms with Gasteiger partial charge in [-0.15, -0.1) is 0 Å². The van der Waals surface area contributed by atoms with E-state index in [4.69, 9.17) is 14.2 Å². The Kier molecular flexibility index (Phi) is 4.18. The van der Waals surface area contributed by atoms with Crippen LogP contribution in [0, 0.1) is 17.8 Å². The van der Waals surface area contributed by atoms with Crippen LogP contribution < -0.4 is 0 Å². The van der Waals surface area contributed by atoms with E-state index in [1.54, 1.807) is 0 Å². The van der Waals surface area contributed by atoms with E-state index in [9.17, 15) is 4.79 Å². The highest BCUT2D eigenvalue weighted by atomic mass is 16.7. The van der Waals surface area contributed by atoms with Gasteiger partial charge >= 0.3 is 5.97 Å². The molecule has 0 aromatic rings. The molecule has 1 aliphatic heterocycles. The van der Waals surface area contributed by atoms with E-state index in [-0.39, 0.29) is 18.2 Å². The first-order chi connectivity index (χ1) is 9.33. The Bertz CT molecular complexity index is 346. The fourth-order valence-corrected chi connectivity index (χ4v) is 3.32. The van der Waals surface area contributed by atoms with Crippen LogP contribution in [0.15, 0.2) is 12.2 Å². The Hall–Kier alpha value is -0.870. The van der Waals surface area contributed by atoms with Gasteiger partial charge in [0.2, 0.25) is 0 Å². The molecule has 19 heavy (non-hydrogen) atoms. The smallest absolute Gasteiger partial charge is 0.309 e. The predicted octanol–water partition coefficient (Wildman–Crippen LogP) is 2.29. The zero-order chi connectivity index (χ0) is 13.1. The first kappa shape index (κ1) is 13.1. The summed E-state index contributed by atoms with van der Waals surface area (Å²) >= 11 is 0. The number of hydrogen-bond donors (Lipinski definition) is 0. The number of hydrogen-bond acceptors (Lipinski definition) is 4. The molecule has 106 valence electrons. The molecule has 0 aromatic carbocycles. The molecule has 4 nitrogen and oxygen atoms in total. The number of rotatable bonds is 5. The molecular weight excluding hydrogens is 244 g/mol. The number of ether oxygens (including phenoxy) is 3. The van der Waals surface area contributed by atoms with E-state index in [0.717, 1.165) is 38.7 Å². The minimum Gasteiger partial charge on any atom is -0.463 e. The maximum atomic E-state index is 11.9. The standard InChI is InChI=1S/C15H22O4/c16-15(13-10-11-4-5-12(13)9-11)19-8-7-18-14-3-1-2-6-17-14/h4-5,11-14H,1-3,6-10H2. The fraction of sp³-hybridized carbons (Fsp3) is 0.800. The lowest BCUT2D eigenvalue weighted by Gasteiger charge is -2.23. The Morgan fingerprint density at radius 1 is 1.21 bits per heavy atom. The summed E-state index contributed by atoms with van der Waals surface area (Å²) in [5, 5.41) is 0. The lowest BCUT2D eigenvalue weighted by molar-refractivity contribution is -0.175. The van der Waals surface area contributed by atoms with E-state index in [1.165, 1.54) is 0 Å². The lowest BCUT2D eigenvalue weighted by atomic mass is 9.94. The lowest BCUT2D eigenvalue weighted by Crippen LogP contribution is -2.26. The van der Waals surface area contributed by atoms with Crippen LogP contribution in [-0.2, 0) is 19.0 Å². The van der Waals surface area contributed by atoms with Crippen LogP contribution in [0.1, 0.15) is 32.1 Å². The van der Waals surface area contributed by atoms with Crippen LogP contribution in [0.4, 0.5) is 0 Å². The molecule has 4 heteroatoms. The third kappa shape index (κ3) is 3.18. The summed E-state index contributed by atoms with van der Waals surface area (Å²) in [5.41, 5.74) is 0. The first-order valence-electron chi connectivity index (χ1n) is 7.41. The molecule has 0 N–H and O–H groups in total. The average Bonchev–Trinajstić information content (AvgIpc) is 3.07. The second kappa shape index (κ2) is 6.06. The van der Waals surface area contributed by atoms with Gasteiger partial charge in [-0.1, -0.05) is 12.2 Å². The molecule has 1 saturated heterocycles. The number of fused-ring (bicyclic) bond motifs is 2. The van der Waals surface area contributed by atoms with Crippen molar-refractivity contribution in [2.24, 2.45) is 17.8 Å². The summed E-state index contributed by atoms with van der Waals surface area (Å²) in [6.07, 6.45) is 9.63. The fourth-order valence-electron chi connectivity index (χ4n) is 3.32. The highest BCUT2D eigenvalue weighted by Crippen LogP contribution is 2.43. The van der Waals surface area contributed by atoms with Crippen LogP contribution >= 0.6 is 0 Å². The Labute approximate surface area is 114 Å². The van der Waals surface area contributed by atoms with Gasteiger partial charge in [0.1, 0.15) is 6.61 Å². The minimum atomic E-state index is -0.0992. The van der Waals surface area contributed by atoms with Gasteiger partial charge in [-0.25, -0.2) is 0 Å². The van der Waals surface area contributed by atoms with E-state index >= 15 is 0 Å². The van der Waals surface area contributed by atoms with Crippen molar-refractivity contribution >= 4 is 5.97 Å². The third-order valence-electron chi connectivity index (χ3n) is 4.35. The molecule has 0 aromatic heterocycles. The monoisotopic (exact) mass is 266 g/mol. The zero-order valence-electron chi connectivity index (χ0n) is 11.3. The topological polar surface area (TPSA) is 44.8 Å². The molecule has 2 aliphatic carbocycles. The Morgan fingerprint density at radius 2 is 2.16 bits per heavy atom. The molecule has 3 aliphatic rings. The van der Waals surface area contributed by atoms with Gasteiger partial charge in [0.05, 0.1) is 12.5 Å². The molecule has 1 heterocycles. The third-order valence-corrected chi connectivity index (χ3v) is 4.35. The normalized spacial score (nSPS) is 36.6. The molecule has 0 spiro atoms. The van der Waals surface area contributed by atoms with E-state index in [2.05, 4.69) is 12.2 Å². The van der Waals surface area contributed by atoms with Gasteiger partial charge < -0.3 is 14.2 Å². The highest BCUT2D eigenvalue weighted by Gasteiger charge is 2.40. The van der Waals surface area contributed by atoms with Crippen molar-refractivity contribution in [3.05, 3.63) is 12.2 Å². The number of esters is 1. The quantitative estimate of drug-likeness (QED) is 0.435. The van der Waals surface area contributed by atoms with Crippen LogP contribution in [-0.4, -0.2) is 32.1 Å². The van der Waals surface area contributed by atoms with Crippen LogP contribution in [0.3, 0.4) is 0 Å². The van der Waals surface area contributed by atoms with Gasteiger partial charge in [-0.3, -0.25) is 4.79 Å². The van der Waals surface area contributed by atoms with Gasteiger partial charge in [-0.05, 0) is 43.9 Å². The second-order valence-corrected chi connectivity index (χ2v) is 5.72. The maximum absolute atomic E-state index is 11.9. The van der Waals surface area contributed by atoms with Crippen molar-refractivity contribution in [3.63, 3.8) is 0 Å². The van der Waals surface area contributed by atoms with Crippen molar-refractivity contribution in [1.82, 2.24) is 0 Å².